The number of ether oxygens (including phenoxy) is 1. The highest BCUT2D eigenvalue weighted by Gasteiger charge is 2.16. The lowest BCUT2D eigenvalue weighted by Gasteiger charge is -2.14. The molecule has 7 heteroatoms. The topological polar surface area (TPSA) is 63.6 Å². The van der Waals surface area contributed by atoms with Crippen molar-refractivity contribution in [2.45, 2.75) is 20.0 Å². The summed E-state index contributed by atoms with van der Waals surface area (Å²) >= 11 is 11.8. The first-order valence-electron chi connectivity index (χ1n) is 6.83. The lowest BCUT2D eigenvalue weighted by Crippen LogP contribution is -2.34. The van der Waals surface area contributed by atoms with E-state index in [-0.39, 0.29) is 5.91 Å². The first-order valence-corrected chi connectivity index (χ1v) is 7.59. The zero-order valence-corrected chi connectivity index (χ0v) is 14.1. The summed E-state index contributed by atoms with van der Waals surface area (Å²) in [6.07, 6.45) is 2.57. The largest absolute Gasteiger partial charge is 0.479 e. The molecule has 0 aliphatic rings. The highest BCUT2D eigenvalue weighted by molar-refractivity contribution is 6.35. The zero-order valence-electron chi connectivity index (χ0n) is 12.6. The third-order valence-corrected chi connectivity index (χ3v) is 3.51. The molecule has 1 amide bonds. The van der Waals surface area contributed by atoms with Gasteiger partial charge in [-0.1, -0.05) is 29.3 Å². The standard InChI is InChI=1S/C16H15Cl2N3O2/c1-10(12-4-3-7-19-9-12)20-21-16(22)11(2)23-15-6-5-13(17)8-14(15)18/h3-9,11H,1-2H3,(H,21,22)/b20-10-/t11-/m0/s1. The molecule has 2 aromatic rings. The van der Waals surface area contributed by atoms with Crippen LogP contribution in [0.4, 0.5) is 0 Å². The summed E-state index contributed by atoms with van der Waals surface area (Å²) in [5, 5.41) is 4.87. The third kappa shape index (κ3) is 4.94. The SMILES string of the molecule is C/C(=N/NC(=O)[C@H](C)Oc1ccc(Cl)cc1Cl)c1cccnc1. The van der Waals surface area contributed by atoms with Crippen LogP contribution in [0.15, 0.2) is 47.8 Å². The first-order chi connectivity index (χ1) is 11.0. The Labute approximate surface area is 144 Å². The maximum absolute atomic E-state index is 12.0. The van der Waals surface area contributed by atoms with E-state index in [1.54, 1.807) is 50.5 Å². The van der Waals surface area contributed by atoms with Crippen molar-refractivity contribution >= 4 is 34.8 Å². The molecule has 2 rings (SSSR count). The number of halogens is 2. The number of amides is 1. The zero-order chi connectivity index (χ0) is 16.8. The predicted octanol–water partition coefficient (Wildman–Crippen LogP) is 3.70. The highest BCUT2D eigenvalue weighted by Crippen LogP contribution is 2.28. The van der Waals surface area contributed by atoms with Gasteiger partial charge in [-0.15, -0.1) is 0 Å². The van der Waals surface area contributed by atoms with Crippen molar-refractivity contribution in [2.75, 3.05) is 0 Å². The van der Waals surface area contributed by atoms with E-state index in [1.807, 2.05) is 6.07 Å². The Kier molecular flexibility index (Phi) is 5.96. The van der Waals surface area contributed by atoms with Gasteiger partial charge in [-0.2, -0.15) is 5.10 Å². The van der Waals surface area contributed by atoms with Gasteiger partial charge < -0.3 is 4.74 Å². The van der Waals surface area contributed by atoms with Crippen molar-refractivity contribution in [2.24, 2.45) is 5.10 Å². The van der Waals surface area contributed by atoms with Crippen molar-refractivity contribution in [3.05, 3.63) is 58.3 Å². The van der Waals surface area contributed by atoms with Crippen LogP contribution in [0.3, 0.4) is 0 Å². The van der Waals surface area contributed by atoms with E-state index in [4.69, 9.17) is 27.9 Å². The number of carbonyl (C=O) groups excluding carboxylic acids is 1. The molecule has 0 spiro atoms. The third-order valence-electron chi connectivity index (χ3n) is 2.98. The molecule has 1 aromatic carbocycles. The molecule has 1 heterocycles. The molecular weight excluding hydrogens is 337 g/mol. The molecule has 0 aliphatic heterocycles. The quantitative estimate of drug-likeness (QED) is 0.659. The second-order valence-electron chi connectivity index (χ2n) is 4.75. The Morgan fingerprint density at radius 2 is 2.13 bits per heavy atom. The van der Waals surface area contributed by atoms with Crippen LogP contribution in [0.1, 0.15) is 19.4 Å². The second kappa shape index (κ2) is 7.94. The molecule has 5 nitrogen and oxygen atoms in total. The Morgan fingerprint density at radius 1 is 1.35 bits per heavy atom. The summed E-state index contributed by atoms with van der Waals surface area (Å²) in [6, 6.07) is 8.44. The van der Waals surface area contributed by atoms with Crippen molar-refractivity contribution < 1.29 is 9.53 Å². The molecule has 0 saturated carbocycles. The Morgan fingerprint density at radius 3 is 2.78 bits per heavy atom. The summed E-state index contributed by atoms with van der Waals surface area (Å²) in [6.45, 7) is 3.38. The molecule has 0 fully saturated rings. The molecule has 120 valence electrons. The molecule has 0 radical (unpaired) electrons. The first kappa shape index (κ1) is 17.2. The molecule has 1 aromatic heterocycles. The van der Waals surface area contributed by atoms with Gasteiger partial charge >= 0.3 is 0 Å². The van der Waals surface area contributed by atoms with Gasteiger partial charge in [0.2, 0.25) is 0 Å². The minimum absolute atomic E-state index is 0.340. The number of pyridine rings is 1. The number of hydrogen-bond donors (Lipinski definition) is 1. The monoisotopic (exact) mass is 351 g/mol. The van der Waals surface area contributed by atoms with Crippen LogP contribution in [0.25, 0.3) is 0 Å². The summed E-state index contributed by atoms with van der Waals surface area (Å²) < 4.78 is 5.52. The maximum Gasteiger partial charge on any atom is 0.280 e. The highest BCUT2D eigenvalue weighted by atomic mass is 35.5. The van der Waals surface area contributed by atoms with E-state index < -0.39 is 6.10 Å². The number of carbonyl (C=O) groups is 1. The number of nitrogens with one attached hydrogen (secondary N) is 1. The average molecular weight is 352 g/mol. The fourth-order valence-corrected chi connectivity index (χ4v) is 2.14. The van der Waals surface area contributed by atoms with Crippen LogP contribution in [-0.4, -0.2) is 22.7 Å². The van der Waals surface area contributed by atoms with Gasteiger partial charge in [0.1, 0.15) is 5.75 Å². The molecule has 23 heavy (non-hydrogen) atoms. The van der Waals surface area contributed by atoms with Gasteiger partial charge in [-0.05, 0) is 38.1 Å². The number of hydrogen-bond acceptors (Lipinski definition) is 4. The van der Waals surface area contributed by atoms with Crippen molar-refractivity contribution in [3.63, 3.8) is 0 Å². The minimum atomic E-state index is -0.765. The van der Waals surface area contributed by atoms with Gasteiger partial charge in [0.15, 0.2) is 6.10 Å². The van der Waals surface area contributed by atoms with E-state index in [0.717, 1.165) is 5.56 Å². The summed E-state index contributed by atoms with van der Waals surface area (Å²) in [5.74, 6) is -0.00839. The van der Waals surface area contributed by atoms with E-state index in [0.29, 0.717) is 21.5 Å². The predicted molar refractivity (Wildman–Crippen MR) is 91.1 cm³/mol. The van der Waals surface area contributed by atoms with Crippen molar-refractivity contribution in [1.82, 2.24) is 10.4 Å². The normalized spacial score (nSPS) is 12.6. The van der Waals surface area contributed by atoms with Crippen LogP contribution in [0.5, 0.6) is 5.75 Å². The van der Waals surface area contributed by atoms with Crippen molar-refractivity contribution in [1.29, 1.82) is 0 Å². The molecule has 1 N–H and O–H groups in total. The van der Waals surface area contributed by atoms with Crippen LogP contribution in [0, 0.1) is 0 Å². The van der Waals surface area contributed by atoms with Gasteiger partial charge in [0.05, 0.1) is 10.7 Å². The number of aromatic nitrogens is 1. The van der Waals surface area contributed by atoms with E-state index in [1.165, 1.54) is 0 Å². The van der Waals surface area contributed by atoms with Gasteiger partial charge in [-0.25, -0.2) is 5.43 Å². The lowest BCUT2D eigenvalue weighted by molar-refractivity contribution is -0.127. The van der Waals surface area contributed by atoms with E-state index in [9.17, 15) is 4.79 Å². The Bertz CT molecular complexity index is 721. The number of rotatable bonds is 5. The number of hydrazone groups is 1. The summed E-state index contributed by atoms with van der Waals surface area (Å²) in [5.41, 5.74) is 3.92. The molecule has 0 saturated heterocycles. The van der Waals surface area contributed by atoms with Gasteiger partial charge in [0.25, 0.3) is 5.91 Å². The van der Waals surface area contributed by atoms with E-state index in [2.05, 4.69) is 15.5 Å². The summed E-state index contributed by atoms with van der Waals surface area (Å²) in [4.78, 5) is 16.0. The van der Waals surface area contributed by atoms with Crippen molar-refractivity contribution in [3.8, 4) is 5.75 Å². The molecule has 0 aliphatic carbocycles. The maximum atomic E-state index is 12.0. The van der Waals surface area contributed by atoms with Crippen LogP contribution < -0.4 is 10.2 Å². The molecule has 0 unspecified atom stereocenters. The van der Waals surface area contributed by atoms with Crippen LogP contribution in [-0.2, 0) is 4.79 Å². The molecule has 0 bridgehead atoms. The molecular formula is C16H15Cl2N3O2. The van der Waals surface area contributed by atoms with E-state index >= 15 is 0 Å². The number of nitrogens with zero attached hydrogens (tertiary/aromatic N) is 2. The fraction of sp³-hybridized carbons (Fsp3) is 0.188. The fourth-order valence-electron chi connectivity index (χ4n) is 1.69. The summed E-state index contributed by atoms with van der Waals surface area (Å²) in [7, 11) is 0. The van der Waals surface area contributed by atoms with Crippen LogP contribution >= 0.6 is 23.2 Å². The molecule has 1 atom stereocenters. The Hall–Kier alpha value is -2.11. The average Bonchev–Trinajstić information content (AvgIpc) is 2.55. The lowest BCUT2D eigenvalue weighted by atomic mass is 10.2. The minimum Gasteiger partial charge on any atom is -0.479 e. The number of benzene rings is 1. The smallest absolute Gasteiger partial charge is 0.280 e. The van der Waals surface area contributed by atoms with Gasteiger partial charge in [0, 0.05) is 23.0 Å². The Balaban J connectivity index is 1.97. The van der Waals surface area contributed by atoms with Crippen LogP contribution in [0.2, 0.25) is 10.0 Å². The van der Waals surface area contributed by atoms with Gasteiger partial charge in [-0.3, -0.25) is 9.78 Å². The second-order valence-corrected chi connectivity index (χ2v) is 5.59.